The summed E-state index contributed by atoms with van der Waals surface area (Å²) in [7, 11) is 1.56. The molecule has 1 aliphatic rings. The first kappa shape index (κ1) is 16.1. The van der Waals surface area contributed by atoms with E-state index in [9.17, 15) is 19.7 Å². The topological polar surface area (TPSA) is 83.8 Å². The minimum Gasteiger partial charge on any atom is -0.329 e. The highest BCUT2D eigenvalue weighted by Crippen LogP contribution is 2.28. The van der Waals surface area contributed by atoms with Crippen molar-refractivity contribution in [3.63, 3.8) is 0 Å². The summed E-state index contributed by atoms with van der Waals surface area (Å²) in [5, 5.41) is 10.7. The largest absolute Gasteiger partial charge is 0.329 e. The fraction of sp³-hybridized carbons (Fsp3) is 0.250. The van der Waals surface area contributed by atoms with E-state index in [1.807, 2.05) is 30.3 Å². The number of amides is 2. The maximum atomic E-state index is 12.6. The van der Waals surface area contributed by atoms with Crippen LogP contribution < -0.4 is 4.90 Å². The molecule has 0 spiro atoms. The summed E-state index contributed by atoms with van der Waals surface area (Å²) in [6, 6.07) is 11.5. The number of para-hydroxylation sites is 1. The molecule has 2 amide bonds. The summed E-state index contributed by atoms with van der Waals surface area (Å²) >= 11 is 0.819. The van der Waals surface area contributed by atoms with Gasteiger partial charge in [0.1, 0.15) is 6.04 Å². The number of hydrogen-bond donors (Lipinski definition) is 0. The Morgan fingerprint density at radius 1 is 1.29 bits per heavy atom. The van der Waals surface area contributed by atoms with Crippen molar-refractivity contribution < 1.29 is 14.5 Å². The van der Waals surface area contributed by atoms with Crippen molar-refractivity contribution in [2.45, 2.75) is 12.5 Å². The normalized spacial score (nSPS) is 17.1. The molecule has 1 unspecified atom stereocenters. The van der Waals surface area contributed by atoms with Gasteiger partial charge in [-0.2, -0.15) is 0 Å². The number of hydrogen-bond acceptors (Lipinski definition) is 5. The number of carbonyl (C=O) groups is 2. The van der Waals surface area contributed by atoms with Crippen molar-refractivity contribution >= 4 is 33.8 Å². The predicted octanol–water partition coefficient (Wildman–Crippen LogP) is 2.53. The number of carbonyl (C=O) groups excluding carboxylic acids is 2. The van der Waals surface area contributed by atoms with Crippen LogP contribution in [0.4, 0.5) is 10.7 Å². The molecule has 1 aromatic carbocycles. The SMILES string of the molecule is CN(C(=O)c1ccc([N+](=O)[O-])s1)C1CCN(c2ccccc2)C1=O. The summed E-state index contributed by atoms with van der Waals surface area (Å²) in [6.07, 6.45) is 0.531. The Kier molecular flexibility index (Phi) is 4.30. The molecule has 0 radical (unpaired) electrons. The standard InChI is InChI=1S/C16H15N3O4S/c1-17(16(21)13-7-8-14(24-13)19(22)23)12-9-10-18(15(12)20)11-5-3-2-4-6-11/h2-8,12H,9-10H2,1H3. The molecule has 1 saturated heterocycles. The zero-order valence-electron chi connectivity index (χ0n) is 12.9. The van der Waals surface area contributed by atoms with Crippen LogP contribution in [0.2, 0.25) is 0 Å². The van der Waals surface area contributed by atoms with Gasteiger partial charge in [0.15, 0.2) is 0 Å². The maximum Gasteiger partial charge on any atom is 0.324 e. The molecule has 1 aliphatic heterocycles. The number of nitro groups is 1. The summed E-state index contributed by atoms with van der Waals surface area (Å²) < 4.78 is 0. The van der Waals surface area contributed by atoms with Gasteiger partial charge in [0.25, 0.3) is 5.91 Å². The van der Waals surface area contributed by atoms with Crippen molar-refractivity contribution in [2.75, 3.05) is 18.5 Å². The quantitative estimate of drug-likeness (QED) is 0.630. The number of rotatable bonds is 4. The van der Waals surface area contributed by atoms with Gasteiger partial charge in [0.2, 0.25) is 5.91 Å². The van der Waals surface area contributed by atoms with Crippen LogP contribution in [-0.4, -0.2) is 41.3 Å². The van der Waals surface area contributed by atoms with Gasteiger partial charge in [0.05, 0.1) is 9.80 Å². The van der Waals surface area contributed by atoms with E-state index in [0.717, 1.165) is 17.0 Å². The maximum absolute atomic E-state index is 12.6. The predicted molar refractivity (Wildman–Crippen MR) is 90.3 cm³/mol. The van der Waals surface area contributed by atoms with Gasteiger partial charge in [-0.15, -0.1) is 0 Å². The number of likely N-dealkylation sites (N-methyl/N-ethyl adjacent to an activating group) is 1. The van der Waals surface area contributed by atoms with E-state index < -0.39 is 11.0 Å². The van der Waals surface area contributed by atoms with Gasteiger partial charge in [-0.25, -0.2) is 0 Å². The molecule has 2 aromatic rings. The number of anilines is 1. The van der Waals surface area contributed by atoms with Gasteiger partial charge in [0, 0.05) is 25.3 Å². The van der Waals surface area contributed by atoms with Gasteiger partial charge in [-0.05, 0) is 24.6 Å². The molecule has 3 rings (SSSR count). The highest BCUT2D eigenvalue weighted by atomic mass is 32.1. The molecule has 7 nitrogen and oxygen atoms in total. The lowest BCUT2D eigenvalue weighted by Gasteiger charge is -2.23. The van der Waals surface area contributed by atoms with Crippen LogP contribution in [0.5, 0.6) is 0 Å². The fourth-order valence-electron chi connectivity index (χ4n) is 2.74. The van der Waals surface area contributed by atoms with Crippen molar-refractivity contribution in [3.05, 3.63) is 57.5 Å². The molecule has 1 fully saturated rings. The monoisotopic (exact) mass is 345 g/mol. The number of benzene rings is 1. The molecule has 24 heavy (non-hydrogen) atoms. The highest BCUT2D eigenvalue weighted by molar-refractivity contribution is 7.17. The second-order valence-electron chi connectivity index (χ2n) is 5.44. The molecular formula is C16H15N3O4S. The Morgan fingerprint density at radius 2 is 2.00 bits per heavy atom. The third kappa shape index (κ3) is 2.88. The summed E-state index contributed by atoms with van der Waals surface area (Å²) in [6.45, 7) is 0.537. The Morgan fingerprint density at radius 3 is 2.62 bits per heavy atom. The third-order valence-corrected chi connectivity index (χ3v) is 5.04. The van der Waals surface area contributed by atoms with Crippen LogP contribution in [0.25, 0.3) is 0 Å². The van der Waals surface area contributed by atoms with Crippen LogP contribution in [0.1, 0.15) is 16.1 Å². The second kappa shape index (κ2) is 6.40. The van der Waals surface area contributed by atoms with Crippen molar-refractivity contribution in [1.29, 1.82) is 0 Å². The van der Waals surface area contributed by atoms with Gasteiger partial charge in [-0.1, -0.05) is 29.5 Å². The molecule has 124 valence electrons. The molecule has 2 heterocycles. The molecule has 0 N–H and O–H groups in total. The van der Waals surface area contributed by atoms with E-state index >= 15 is 0 Å². The van der Waals surface area contributed by atoms with E-state index in [0.29, 0.717) is 13.0 Å². The average molecular weight is 345 g/mol. The summed E-state index contributed by atoms with van der Waals surface area (Å²) in [5.74, 6) is -0.510. The molecular weight excluding hydrogens is 330 g/mol. The second-order valence-corrected chi connectivity index (χ2v) is 6.50. The first-order valence-electron chi connectivity index (χ1n) is 7.37. The van der Waals surface area contributed by atoms with E-state index in [2.05, 4.69) is 0 Å². The Labute approximate surface area is 142 Å². The molecule has 1 atom stereocenters. The first-order valence-corrected chi connectivity index (χ1v) is 8.18. The molecule has 8 heteroatoms. The average Bonchev–Trinajstić information content (AvgIpc) is 3.21. The zero-order valence-corrected chi connectivity index (χ0v) is 13.7. The minimum absolute atomic E-state index is 0.0876. The van der Waals surface area contributed by atoms with Crippen molar-refractivity contribution in [2.24, 2.45) is 0 Å². The highest BCUT2D eigenvalue weighted by Gasteiger charge is 2.37. The molecule has 1 aromatic heterocycles. The van der Waals surface area contributed by atoms with Crippen LogP contribution >= 0.6 is 11.3 Å². The summed E-state index contributed by atoms with van der Waals surface area (Å²) in [4.78, 5) is 38.6. The Hall–Kier alpha value is -2.74. The van der Waals surface area contributed by atoms with Gasteiger partial charge >= 0.3 is 5.00 Å². The summed E-state index contributed by atoms with van der Waals surface area (Å²) in [5.41, 5.74) is 0.803. The number of thiophene rings is 1. The van der Waals surface area contributed by atoms with Gasteiger partial charge in [-0.3, -0.25) is 19.7 Å². The van der Waals surface area contributed by atoms with E-state index in [-0.39, 0.29) is 21.7 Å². The van der Waals surface area contributed by atoms with E-state index in [4.69, 9.17) is 0 Å². The van der Waals surface area contributed by atoms with Crippen LogP contribution in [0.15, 0.2) is 42.5 Å². The molecule has 0 bridgehead atoms. The smallest absolute Gasteiger partial charge is 0.324 e. The first-order chi connectivity index (χ1) is 11.5. The van der Waals surface area contributed by atoms with Crippen molar-refractivity contribution in [1.82, 2.24) is 4.90 Å². The Balaban J connectivity index is 1.75. The lowest BCUT2D eigenvalue weighted by molar-refractivity contribution is -0.380. The Bertz CT molecular complexity index is 790. The number of nitrogens with zero attached hydrogens (tertiary/aromatic N) is 3. The van der Waals surface area contributed by atoms with Crippen LogP contribution in [-0.2, 0) is 4.79 Å². The van der Waals surface area contributed by atoms with Gasteiger partial charge < -0.3 is 9.80 Å². The lowest BCUT2D eigenvalue weighted by atomic mass is 10.2. The minimum atomic E-state index is -0.557. The van der Waals surface area contributed by atoms with Crippen LogP contribution in [0.3, 0.4) is 0 Å². The molecule has 0 aliphatic carbocycles. The lowest BCUT2D eigenvalue weighted by Crippen LogP contribution is -2.42. The van der Waals surface area contributed by atoms with Crippen molar-refractivity contribution in [3.8, 4) is 0 Å². The van der Waals surface area contributed by atoms with E-state index in [1.54, 1.807) is 11.9 Å². The molecule has 0 saturated carbocycles. The zero-order chi connectivity index (χ0) is 17.3. The van der Waals surface area contributed by atoms with Crippen LogP contribution in [0, 0.1) is 10.1 Å². The fourth-order valence-corrected chi connectivity index (χ4v) is 3.55. The third-order valence-electron chi connectivity index (χ3n) is 4.02. The van der Waals surface area contributed by atoms with E-state index in [1.165, 1.54) is 17.0 Å².